The van der Waals surface area contributed by atoms with Crippen LogP contribution in [0.4, 0.5) is 14.3 Å². The summed E-state index contributed by atoms with van der Waals surface area (Å²) in [5.41, 5.74) is 0.968. The number of anilines is 1. The van der Waals surface area contributed by atoms with Gasteiger partial charge in [-0.1, -0.05) is 12.1 Å². The standard InChI is InChI=1S/C14H13FN4O2S/c15-9-3-1-8(2-4-9)5-10-6-17-14(22-10)19-12(20)11-7-16-13(21)18-11/h1-4,6,11H,5,7H2,(H2,16,18,21)(H,17,19,20)/t11-/m0/s1. The highest BCUT2D eigenvalue weighted by molar-refractivity contribution is 7.15. The molecule has 1 aliphatic heterocycles. The van der Waals surface area contributed by atoms with Crippen molar-refractivity contribution in [3.05, 3.63) is 46.7 Å². The molecular formula is C14H13FN4O2S. The average Bonchev–Trinajstić information content (AvgIpc) is 3.11. The number of rotatable bonds is 4. The highest BCUT2D eigenvalue weighted by Gasteiger charge is 2.27. The van der Waals surface area contributed by atoms with Crippen LogP contribution >= 0.6 is 11.3 Å². The highest BCUT2D eigenvalue weighted by atomic mass is 32.1. The zero-order valence-corrected chi connectivity index (χ0v) is 12.2. The summed E-state index contributed by atoms with van der Waals surface area (Å²) in [4.78, 5) is 28.0. The molecule has 3 amide bonds. The third kappa shape index (κ3) is 3.40. The van der Waals surface area contributed by atoms with E-state index in [0.29, 0.717) is 11.6 Å². The first-order chi connectivity index (χ1) is 10.6. The molecule has 3 rings (SSSR count). The van der Waals surface area contributed by atoms with E-state index in [1.165, 1.54) is 23.5 Å². The predicted molar refractivity (Wildman–Crippen MR) is 80.3 cm³/mol. The van der Waals surface area contributed by atoms with Crippen molar-refractivity contribution in [3.8, 4) is 0 Å². The highest BCUT2D eigenvalue weighted by Crippen LogP contribution is 2.21. The Hall–Kier alpha value is -2.48. The lowest BCUT2D eigenvalue weighted by Crippen LogP contribution is -2.38. The van der Waals surface area contributed by atoms with Crippen LogP contribution in [0, 0.1) is 5.82 Å². The number of nitrogens with zero attached hydrogens (tertiary/aromatic N) is 1. The van der Waals surface area contributed by atoms with E-state index in [4.69, 9.17) is 0 Å². The van der Waals surface area contributed by atoms with Gasteiger partial charge in [-0.3, -0.25) is 4.79 Å². The molecule has 6 nitrogen and oxygen atoms in total. The van der Waals surface area contributed by atoms with Crippen LogP contribution in [0.15, 0.2) is 30.5 Å². The molecule has 0 bridgehead atoms. The largest absolute Gasteiger partial charge is 0.336 e. The van der Waals surface area contributed by atoms with Crippen LogP contribution in [0.25, 0.3) is 0 Å². The quantitative estimate of drug-likeness (QED) is 0.798. The van der Waals surface area contributed by atoms with Gasteiger partial charge in [0.05, 0.1) is 0 Å². The van der Waals surface area contributed by atoms with Gasteiger partial charge in [0.1, 0.15) is 11.9 Å². The molecule has 1 fully saturated rings. The van der Waals surface area contributed by atoms with Crippen LogP contribution in [0.3, 0.4) is 0 Å². The number of thiazole rings is 1. The van der Waals surface area contributed by atoms with Crippen molar-refractivity contribution in [2.45, 2.75) is 12.5 Å². The van der Waals surface area contributed by atoms with E-state index < -0.39 is 6.04 Å². The van der Waals surface area contributed by atoms with Crippen LogP contribution < -0.4 is 16.0 Å². The molecule has 0 spiro atoms. The van der Waals surface area contributed by atoms with Crippen molar-refractivity contribution in [1.29, 1.82) is 0 Å². The van der Waals surface area contributed by atoms with E-state index in [0.717, 1.165) is 10.4 Å². The number of carbonyl (C=O) groups is 2. The Morgan fingerprint density at radius 2 is 2.18 bits per heavy atom. The molecule has 2 aromatic rings. The smallest absolute Gasteiger partial charge is 0.315 e. The van der Waals surface area contributed by atoms with E-state index in [9.17, 15) is 14.0 Å². The summed E-state index contributed by atoms with van der Waals surface area (Å²) in [7, 11) is 0. The topological polar surface area (TPSA) is 83.1 Å². The van der Waals surface area contributed by atoms with Crippen molar-refractivity contribution in [2.24, 2.45) is 0 Å². The maximum Gasteiger partial charge on any atom is 0.315 e. The molecule has 8 heteroatoms. The van der Waals surface area contributed by atoms with Gasteiger partial charge < -0.3 is 16.0 Å². The van der Waals surface area contributed by atoms with E-state index >= 15 is 0 Å². The maximum atomic E-state index is 12.9. The van der Waals surface area contributed by atoms with Crippen LogP contribution in [0.2, 0.25) is 0 Å². The first-order valence-electron chi connectivity index (χ1n) is 6.64. The molecule has 0 radical (unpaired) electrons. The SMILES string of the molecule is O=C1NC[C@@H](C(=O)Nc2ncc(Cc3ccc(F)cc3)s2)N1. The molecule has 1 atom stereocenters. The fraction of sp³-hybridized carbons (Fsp3) is 0.214. The van der Waals surface area contributed by atoms with Gasteiger partial charge >= 0.3 is 6.03 Å². The van der Waals surface area contributed by atoms with Gasteiger partial charge in [0, 0.05) is 24.0 Å². The van der Waals surface area contributed by atoms with Gasteiger partial charge in [0.2, 0.25) is 0 Å². The lowest BCUT2D eigenvalue weighted by Gasteiger charge is -2.06. The van der Waals surface area contributed by atoms with Gasteiger partial charge in [-0.2, -0.15) is 0 Å². The molecule has 0 aliphatic carbocycles. The van der Waals surface area contributed by atoms with E-state index in [2.05, 4.69) is 20.9 Å². The van der Waals surface area contributed by atoms with Crippen molar-refractivity contribution < 1.29 is 14.0 Å². The molecule has 0 saturated carbocycles. The number of nitrogens with one attached hydrogen (secondary N) is 3. The Kier molecular flexibility index (Phi) is 4.01. The zero-order valence-electron chi connectivity index (χ0n) is 11.4. The Morgan fingerprint density at radius 1 is 1.41 bits per heavy atom. The Balaban J connectivity index is 1.60. The number of halogens is 1. The second-order valence-corrected chi connectivity index (χ2v) is 5.95. The average molecular weight is 320 g/mol. The third-order valence-corrected chi connectivity index (χ3v) is 4.08. The van der Waals surface area contributed by atoms with Crippen molar-refractivity contribution in [2.75, 3.05) is 11.9 Å². The second kappa shape index (κ2) is 6.10. The van der Waals surface area contributed by atoms with Crippen molar-refractivity contribution >= 4 is 28.4 Å². The lowest BCUT2D eigenvalue weighted by atomic mass is 10.1. The third-order valence-electron chi connectivity index (χ3n) is 3.16. The van der Waals surface area contributed by atoms with E-state index in [-0.39, 0.29) is 24.3 Å². The molecular weight excluding hydrogens is 307 g/mol. The molecule has 2 heterocycles. The van der Waals surface area contributed by atoms with Crippen LogP contribution in [0.1, 0.15) is 10.4 Å². The molecule has 3 N–H and O–H groups in total. The summed E-state index contributed by atoms with van der Waals surface area (Å²) in [6.45, 7) is 0.262. The first-order valence-corrected chi connectivity index (χ1v) is 7.46. The lowest BCUT2D eigenvalue weighted by molar-refractivity contribution is -0.117. The molecule has 22 heavy (non-hydrogen) atoms. The first kappa shape index (κ1) is 14.5. The Labute approximate surface area is 129 Å². The Morgan fingerprint density at radius 3 is 2.86 bits per heavy atom. The molecule has 1 saturated heterocycles. The molecule has 1 aliphatic rings. The minimum atomic E-state index is -0.586. The van der Waals surface area contributed by atoms with Gasteiger partial charge in [0.25, 0.3) is 5.91 Å². The van der Waals surface area contributed by atoms with Crippen LogP contribution in [-0.2, 0) is 11.2 Å². The van der Waals surface area contributed by atoms with Crippen LogP contribution in [-0.4, -0.2) is 29.5 Å². The summed E-state index contributed by atoms with van der Waals surface area (Å²) in [5, 5.41) is 8.17. The summed E-state index contributed by atoms with van der Waals surface area (Å²) in [5.74, 6) is -0.575. The summed E-state index contributed by atoms with van der Waals surface area (Å²) in [6.07, 6.45) is 2.30. The molecule has 1 aromatic carbocycles. The number of carbonyl (C=O) groups excluding carboxylic acids is 2. The Bertz CT molecular complexity index is 701. The van der Waals surface area contributed by atoms with Gasteiger partial charge in [-0.05, 0) is 17.7 Å². The molecule has 0 unspecified atom stereocenters. The van der Waals surface area contributed by atoms with Gasteiger partial charge in [0.15, 0.2) is 5.13 Å². The van der Waals surface area contributed by atoms with Gasteiger partial charge in [-0.15, -0.1) is 11.3 Å². The summed E-state index contributed by atoms with van der Waals surface area (Å²) < 4.78 is 12.9. The number of urea groups is 1. The zero-order chi connectivity index (χ0) is 15.5. The molecule has 1 aromatic heterocycles. The maximum absolute atomic E-state index is 12.9. The minimum Gasteiger partial charge on any atom is -0.336 e. The van der Waals surface area contributed by atoms with Crippen molar-refractivity contribution in [1.82, 2.24) is 15.6 Å². The number of benzene rings is 1. The number of hydrogen-bond acceptors (Lipinski definition) is 4. The summed E-state index contributed by atoms with van der Waals surface area (Å²) in [6, 6.07) is 5.32. The fourth-order valence-electron chi connectivity index (χ4n) is 2.06. The number of hydrogen-bond donors (Lipinski definition) is 3. The number of aromatic nitrogens is 1. The van der Waals surface area contributed by atoms with E-state index in [1.807, 2.05) is 0 Å². The van der Waals surface area contributed by atoms with E-state index in [1.54, 1.807) is 18.3 Å². The summed E-state index contributed by atoms with van der Waals surface area (Å²) >= 11 is 1.35. The number of amides is 3. The normalized spacial score (nSPS) is 17.0. The second-order valence-electron chi connectivity index (χ2n) is 4.83. The van der Waals surface area contributed by atoms with Crippen LogP contribution in [0.5, 0.6) is 0 Å². The molecule has 114 valence electrons. The van der Waals surface area contributed by atoms with Gasteiger partial charge in [-0.25, -0.2) is 14.2 Å². The van der Waals surface area contributed by atoms with Crippen molar-refractivity contribution in [3.63, 3.8) is 0 Å². The minimum absolute atomic E-state index is 0.262. The fourth-order valence-corrected chi connectivity index (χ4v) is 2.91. The monoisotopic (exact) mass is 320 g/mol. The predicted octanol–water partition coefficient (Wildman–Crippen LogP) is 1.49.